The zero-order chi connectivity index (χ0) is 32.3. The third kappa shape index (κ3) is 9.03. The SMILES string of the molecule is Cc1cc(C=C2Sc3ccccc3N2C)cc(C)[n+]1CCCCCC(=O)NCCCCCC(=O)NCCc1c[nH]c2ccccc12. The van der Waals surface area contributed by atoms with Crippen molar-refractivity contribution >= 4 is 46.2 Å². The maximum atomic E-state index is 12.3. The average molecular weight is 639 g/mol. The maximum absolute atomic E-state index is 12.3. The number of aryl methyl sites for hydroxylation is 2. The van der Waals surface area contributed by atoms with E-state index >= 15 is 0 Å². The number of hydrogen-bond donors (Lipinski definition) is 3. The molecule has 8 heteroatoms. The first kappa shape index (κ1) is 33.3. The number of aromatic amines is 1. The zero-order valence-electron chi connectivity index (χ0n) is 27.5. The summed E-state index contributed by atoms with van der Waals surface area (Å²) in [4.78, 5) is 31.4. The minimum absolute atomic E-state index is 0.100. The fourth-order valence-corrected chi connectivity index (χ4v) is 7.29. The molecular formula is C38H48N5O2S+. The number of amides is 2. The van der Waals surface area contributed by atoms with Crippen LogP contribution in [-0.2, 0) is 22.6 Å². The van der Waals surface area contributed by atoms with E-state index in [-0.39, 0.29) is 11.8 Å². The lowest BCUT2D eigenvalue weighted by atomic mass is 10.1. The number of carbonyl (C=O) groups excluding carboxylic acids is 2. The number of fused-ring (bicyclic) bond motifs is 2. The second-order valence-corrected chi connectivity index (χ2v) is 13.3. The average Bonchev–Trinajstić information content (AvgIpc) is 3.60. The van der Waals surface area contributed by atoms with Gasteiger partial charge in [-0.2, -0.15) is 0 Å². The number of H-pyrrole nitrogens is 1. The molecule has 46 heavy (non-hydrogen) atoms. The predicted octanol–water partition coefficient (Wildman–Crippen LogP) is 7.21. The lowest BCUT2D eigenvalue weighted by Crippen LogP contribution is -2.40. The van der Waals surface area contributed by atoms with Gasteiger partial charge in [0.25, 0.3) is 0 Å². The molecule has 5 rings (SSSR count). The molecule has 1 aliphatic rings. The summed E-state index contributed by atoms with van der Waals surface area (Å²) in [6.07, 6.45) is 11.9. The summed E-state index contributed by atoms with van der Waals surface area (Å²) in [6, 6.07) is 21.3. The zero-order valence-corrected chi connectivity index (χ0v) is 28.3. The summed E-state index contributed by atoms with van der Waals surface area (Å²) >= 11 is 1.82. The number of nitrogens with zero attached hydrogens (tertiary/aromatic N) is 2. The fraction of sp³-hybridized carbons (Fsp3) is 0.395. The highest BCUT2D eigenvalue weighted by atomic mass is 32.2. The summed E-state index contributed by atoms with van der Waals surface area (Å²) in [5.74, 6) is 0.229. The molecule has 4 aromatic rings. The van der Waals surface area contributed by atoms with Gasteiger partial charge in [0, 0.05) is 87.4 Å². The second-order valence-electron chi connectivity index (χ2n) is 12.3. The molecule has 2 aromatic heterocycles. The Morgan fingerprint density at radius 2 is 1.52 bits per heavy atom. The second kappa shape index (κ2) is 16.5. The molecule has 0 saturated heterocycles. The van der Waals surface area contributed by atoms with Crippen molar-refractivity contribution in [2.24, 2.45) is 0 Å². The number of rotatable bonds is 16. The van der Waals surface area contributed by atoms with E-state index in [0.29, 0.717) is 25.9 Å². The normalized spacial score (nSPS) is 13.4. The molecule has 0 bridgehead atoms. The Kier molecular flexibility index (Phi) is 12.0. The van der Waals surface area contributed by atoms with Gasteiger partial charge in [0.2, 0.25) is 11.8 Å². The summed E-state index contributed by atoms with van der Waals surface area (Å²) < 4.78 is 2.38. The van der Waals surface area contributed by atoms with Crippen molar-refractivity contribution in [1.29, 1.82) is 0 Å². The minimum Gasteiger partial charge on any atom is -0.361 e. The van der Waals surface area contributed by atoms with Crippen LogP contribution in [0.5, 0.6) is 0 Å². The number of aromatic nitrogens is 2. The number of para-hydroxylation sites is 2. The number of benzene rings is 2. The number of carbonyl (C=O) groups is 2. The first-order chi connectivity index (χ1) is 22.4. The maximum Gasteiger partial charge on any atom is 0.220 e. The summed E-state index contributed by atoms with van der Waals surface area (Å²) in [6.45, 7) is 6.65. The number of unbranched alkanes of at least 4 members (excludes halogenated alkanes) is 4. The van der Waals surface area contributed by atoms with Crippen LogP contribution < -0.4 is 20.1 Å². The van der Waals surface area contributed by atoms with Crippen LogP contribution in [0.15, 0.2) is 76.8 Å². The Bertz CT molecular complexity index is 1650. The number of thioether (sulfide) groups is 1. The first-order valence-electron chi connectivity index (χ1n) is 16.7. The van der Waals surface area contributed by atoms with Gasteiger partial charge in [-0.05, 0) is 67.5 Å². The predicted molar refractivity (Wildman–Crippen MR) is 190 cm³/mol. The highest BCUT2D eigenvalue weighted by Crippen LogP contribution is 2.45. The van der Waals surface area contributed by atoms with Gasteiger partial charge < -0.3 is 20.5 Å². The standard InChI is InChI=1S/C38H47N5O2S/c1-28-24-30(26-38-42(3)34-16-10-11-17-35(34)46-38)25-29(2)43(28)23-13-5-7-19-36(44)39-21-12-4-6-18-37(45)40-22-20-31-27-41-33-15-9-8-14-32(31)33/h8-11,14-17,24-27,41H,4-7,12-13,18-23H2,1-3H3,(H-,39,40,44,45)/p+1. The van der Waals surface area contributed by atoms with Gasteiger partial charge in [0.1, 0.15) is 6.54 Å². The number of hydrogen-bond acceptors (Lipinski definition) is 4. The van der Waals surface area contributed by atoms with Gasteiger partial charge in [-0.3, -0.25) is 9.59 Å². The molecule has 3 heterocycles. The Morgan fingerprint density at radius 1 is 0.848 bits per heavy atom. The molecule has 1 aliphatic heterocycles. The van der Waals surface area contributed by atoms with Crippen molar-refractivity contribution < 1.29 is 14.2 Å². The van der Waals surface area contributed by atoms with Crippen molar-refractivity contribution in [3.8, 4) is 0 Å². The highest BCUT2D eigenvalue weighted by molar-refractivity contribution is 8.03. The molecule has 0 spiro atoms. The van der Waals surface area contributed by atoms with E-state index < -0.39 is 0 Å². The van der Waals surface area contributed by atoms with Gasteiger partial charge in [0.15, 0.2) is 11.4 Å². The molecule has 7 nitrogen and oxygen atoms in total. The smallest absolute Gasteiger partial charge is 0.220 e. The van der Waals surface area contributed by atoms with Gasteiger partial charge in [-0.15, -0.1) is 0 Å². The van der Waals surface area contributed by atoms with E-state index in [1.54, 1.807) is 0 Å². The Labute approximate surface area is 277 Å². The minimum atomic E-state index is 0.100. The van der Waals surface area contributed by atoms with Crippen LogP contribution >= 0.6 is 11.8 Å². The summed E-state index contributed by atoms with van der Waals surface area (Å²) in [5, 5.41) is 8.55. The van der Waals surface area contributed by atoms with E-state index in [2.05, 4.69) is 101 Å². The molecule has 2 amide bonds. The van der Waals surface area contributed by atoms with E-state index in [0.717, 1.165) is 57.0 Å². The molecule has 242 valence electrons. The Hall–Kier alpha value is -4.04. The van der Waals surface area contributed by atoms with Crippen molar-refractivity contribution in [1.82, 2.24) is 15.6 Å². The number of anilines is 1. The van der Waals surface area contributed by atoms with Crippen molar-refractivity contribution in [2.75, 3.05) is 25.0 Å². The lowest BCUT2D eigenvalue weighted by Gasteiger charge is -2.13. The quantitative estimate of drug-likeness (QED) is 0.0895. The molecule has 0 aliphatic carbocycles. The van der Waals surface area contributed by atoms with Gasteiger partial charge in [-0.25, -0.2) is 4.57 Å². The lowest BCUT2D eigenvalue weighted by molar-refractivity contribution is -0.709. The molecule has 0 saturated carbocycles. The van der Waals surface area contributed by atoms with Crippen LogP contribution in [-0.4, -0.2) is 36.9 Å². The van der Waals surface area contributed by atoms with Crippen LogP contribution in [0.25, 0.3) is 17.0 Å². The van der Waals surface area contributed by atoms with E-state index in [9.17, 15) is 9.59 Å². The number of pyridine rings is 1. The number of nitrogens with one attached hydrogen (secondary N) is 3. The fourth-order valence-electron chi connectivity index (χ4n) is 6.18. The molecule has 2 aromatic carbocycles. The van der Waals surface area contributed by atoms with Crippen LogP contribution in [0, 0.1) is 13.8 Å². The summed E-state index contributed by atoms with van der Waals surface area (Å²) in [7, 11) is 2.13. The first-order valence-corrected chi connectivity index (χ1v) is 17.5. The monoisotopic (exact) mass is 638 g/mol. The van der Waals surface area contributed by atoms with E-state index in [4.69, 9.17) is 0 Å². The third-order valence-corrected chi connectivity index (χ3v) is 9.91. The van der Waals surface area contributed by atoms with Crippen LogP contribution in [0.2, 0.25) is 0 Å². The van der Waals surface area contributed by atoms with Crippen molar-refractivity contribution in [3.05, 3.63) is 94.4 Å². The largest absolute Gasteiger partial charge is 0.361 e. The van der Waals surface area contributed by atoms with Crippen LogP contribution in [0.3, 0.4) is 0 Å². The molecule has 0 unspecified atom stereocenters. The molecule has 0 fully saturated rings. The van der Waals surface area contributed by atoms with Crippen LogP contribution in [0.1, 0.15) is 73.9 Å². The van der Waals surface area contributed by atoms with Gasteiger partial charge in [0.05, 0.1) is 10.7 Å². The van der Waals surface area contributed by atoms with E-state index in [1.165, 1.54) is 43.5 Å². The van der Waals surface area contributed by atoms with Crippen LogP contribution in [0.4, 0.5) is 5.69 Å². The Balaban J connectivity index is 0.900. The molecule has 0 radical (unpaired) electrons. The topological polar surface area (TPSA) is 81.1 Å². The van der Waals surface area contributed by atoms with E-state index in [1.807, 2.05) is 30.1 Å². The van der Waals surface area contributed by atoms with Gasteiger partial charge in [-0.1, -0.05) is 48.5 Å². The Morgan fingerprint density at radius 3 is 2.28 bits per heavy atom. The molecule has 3 N–H and O–H groups in total. The van der Waals surface area contributed by atoms with Crippen molar-refractivity contribution in [2.45, 2.75) is 83.1 Å². The molecular weight excluding hydrogens is 591 g/mol. The third-order valence-electron chi connectivity index (χ3n) is 8.74. The van der Waals surface area contributed by atoms with Crippen molar-refractivity contribution in [3.63, 3.8) is 0 Å². The van der Waals surface area contributed by atoms with Gasteiger partial charge >= 0.3 is 0 Å². The summed E-state index contributed by atoms with van der Waals surface area (Å²) in [5.41, 5.74) is 7.37. The highest BCUT2D eigenvalue weighted by Gasteiger charge is 2.22. The molecule has 0 atom stereocenters.